The van der Waals surface area contributed by atoms with E-state index in [4.69, 9.17) is 4.74 Å². The van der Waals surface area contributed by atoms with Crippen LogP contribution in [-0.4, -0.2) is 27.3 Å². The first kappa shape index (κ1) is 21.8. The predicted octanol–water partition coefficient (Wildman–Crippen LogP) is 5.59. The number of ether oxygens (including phenoxy) is 1. The minimum atomic E-state index is 0.0641. The SMILES string of the molecule is CC(C)Oc1ccccc1/C=N\Nc1nc(Nc2ccccc2)nc(Nc2ccccc2)n1. The Balaban J connectivity index is 1.57. The number of para-hydroxylation sites is 3. The molecular weight excluding hydrogens is 414 g/mol. The molecule has 8 heteroatoms. The summed E-state index contributed by atoms with van der Waals surface area (Å²) >= 11 is 0. The summed E-state index contributed by atoms with van der Waals surface area (Å²) in [4.78, 5) is 13.4. The molecule has 33 heavy (non-hydrogen) atoms. The maximum Gasteiger partial charge on any atom is 0.250 e. The van der Waals surface area contributed by atoms with E-state index in [1.165, 1.54) is 0 Å². The van der Waals surface area contributed by atoms with Crippen LogP contribution in [-0.2, 0) is 0 Å². The number of hydrogen-bond donors (Lipinski definition) is 3. The van der Waals surface area contributed by atoms with E-state index in [-0.39, 0.29) is 6.10 Å². The molecule has 166 valence electrons. The monoisotopic (exact) mass is 439 g/mol. The summed E-state index contributed by atoms with van der Waals surface area (Å²) in [7, 11) is 0. The van der Waals surface area contributed by atoms with Crippen LogP contribution in [0.3, 0.4) is 0 Å². The van der Waals surface area contributed by atoms with Crippen molar-refractivity contribution in [3.63, 3.8) is 0 Å². The molecule has 0 unspecified atom stereocenters. The van der Waals surface area contributed by atoms with E-state index >= 15 is 0 Å². The Bertz CT molecular complexity index is 1140. The van der Waals surface area contributed by atoms with Crippen molar-refractivity contribution in [2.45, 2.75) is 20.0 Å². The van der Waals surface area contributed by atoms with Crippen LogP contribution < -0.4 is 20.8 Å². The third kappa shape index (κ3) is 6.51. The van der Waals surface area contributed by atoms with Gasteiger partial charge in [-0.25, -0.2) is 5.43 Å². The summed E-state index contributed by atoms with van der Waals surface area (Å²) in [5.74, 6) is 1.82. The lowest BCUT2D eigenvalue weighted by molar-refractivity contribution is 0.242. The molecule has 0 radical (unpaired) electrons. The first-order chi connectivity index (χ1) is 16.2. The second-order valence-corrected chi connectivity index (χ2v) is 7.36. The molecule has 0 spiro atoms. The molecule has 3 N–H and O–H groups in total. The molecule has 0 aliphatic heterocycles. The fourth-order valence-corrected chi connectivity index (χ4v) is 2.95. The van der Waals surface area contributed by atoms with Gasteiger partial charge in [0.25, 0.3) is 0 Å². The van der Waals surface area contributed by atoms with Gasteiger partial charge in [-0.2, -0.15) is 20.1 Å². The van der Waals surface area contributed by atoms with E-state index in [2.05, 4.69) is 36.1 Å². The van der Waals surface area contributed by atoms with Gasteiger partial charge < -0.3 is 15.4 Å². The number of nitrogens with zero attached hydrogens (tertiary/aromatic N) is 4. The number of benzene rings is 3. The van der Waals surface area contributed by atoms with Gasteiger partial charge in [-0.3, -0.25) is 0 Å². The molecule has 3 aromatic carbocycles. The fraction of sp³-hybridized carbons (Fsp3) is 0.120. The van der Waals surface area contributed by atoms with Gasteiger partial charge in [0.05, 0.1) is 12.3 Å². The van der Waals surface area contributed by atoms with Gasteiger partial charge in [0.1, 0.15) is 5.75 Å². The molecule has 8 nitrogen and oxygen atoms in total. The maximum atomic E-state index is 5.84. The molecule has 0 aliphatic carbocycles. The Morgan fingerprint density at radius 2 is 1.21 bits per heavy atom. The van der Waals surface area contributed by atoms with E-state index in [9.17, 15) is 0 Å². The fourth-order valence-electron chi connectivity index (χ4n) is 2.95. The van der Waals surface area contributed by atoms with Gasteiger partial charge in [0.15, 0.2) is 0 Å². The number of anilines is 5. The number of hydrazone groups is 1. The average molecular weight is 440 g/mol. The van der Waals surface area contributed by atoms with Gasteiger partial charge in [0, 0.05) is 16.9 Å². The van der Waals surface area contributed by atoms with E-state index in [0.717, 1.165) is 22.7 Å². The van der Waals surface area contributed by atoms with Crippen molar-refractivity contribution in [3.8, 4) is 5.75 Å². The van der Waals surface area contributed by atoms with Crippen molar-refractivity contribution in [1.29, 1.82) is 0 Å². The molecule has 0 saturated carbocycles. The Morgan fingerprint density at radius 1 is 0.697 bits per heavy atom. The van der Waals surface area contributed by atoms with Crippen LogP contribution in [0.4, 0.5) is 29.2 Å². The van der Waals surface area contributed by atoms with E-state index < -0.39 is 0 Å². The molecule has 0 fully saturated rings. The first-order valence-electron chi connectivity index (χ1n) is 10.6. The Labute approximate surface area is 192 Å². The van der Waals surface area contributed by atoms with Gasteiger partial charge in [-0.1, -0.05) is 48.5 Å². The highest BCUT2D eigenvalue weighted by Gasteiger charge is 2.08. The normalized spacial score (nSPS) is 10.9. The summed E-state index contributed by atoms with van der Waals surface area (Å²) in [6.45, 7) is 3.97. The highest BCUT2D eigenvalue weighted by atomic mass is 16.5. The lowest BCUT2D eigenvalue weighted by atomic mass is 10.2. The standard InChI is InChI=1S/C25H25N7O/c1-18(2)33-22-16-10-9-11-19(22)17-26-32-25-30-23(27-20-12-5-3-6-13-20)29-24(31-25)28-21-14-7-4-8-15-21/h3-18H,1-2H3,(H3,27,28,29,30,31,32)/b26-17-. The molecule has 4 aromatic rings. The summed E-state index contributed by atoms with van der Waals surface area (Å²) < 4.78 is 5.84. The lowest BCUT2D eigenvalue weighted by Crippen LogP contribution is -2.08. The Kier molecular flexibility index (Phi) is 7.07. The second kappa shape index (κ2) is 10.7. The smallest absolute Gasteiger partial charge is 0.250 e. The lowest BCUT2D eigenvalue weighted by Gasteiger charge is -2.12. The van der Waals surface area contributed by atoms with E-state index in [1.807, 2.05) is 98.8 Å². The number of hydrogen-bond acceptors (Lipinski definition) is 8. The summed E-state index contributed by atoms with van der Waals surface area (Å²) in [6, 6.07) is 27.1. The van der Waals surface area contributed by atoms with Crippen molar-refractivity contribution < 1.29 is 4.74 Å². The van der Waals surface area contributed by atoms with Gasteiger partial charge in [0.2, 0.25) is 17.8 Å². The highest BCUT2D eigenvalue weighted by Crippen LogP contribution is 2.19. The quantitative estimate of drug-likeness (QED) is 0.231. The van der Waals surface area contributed by atoms with Crippen molar-refractivity contribution in [2.24, 2.45) is 5.10 Å². The zero-order valence-corrected chi connectivity index (χ0v) is 18.4. The molecule has 0 bridgehead atoms. The van der Waals surface area contributed by atoms with Crippen LogP contribution in [0, 0.1) is 0 Å². The van der Waals surface area contributed by atoms with Gasteiger partial charge in [-0.15, -0.1) is 0 Å². The third-order valence-corrected chi connectivity index (χ3v) is 4.35. The zero-order chi connectivity index (χ0) is 22.9. The third-order valence-electron chi connectivity index (χ3n) is 4.35. The molecule has 1 aromatic heterocycles. The largest absolute Gasteiger partial charge is 0.490 e. The Hall–Kier alpha value is -4.46. The molecule has 1 heterocycles. The molecule has 4 rings (SSSR count). The first-order valence-corrected chi connectivity index (χ1v) is 10.6. The van der Waals surface area contributed by atoms with E-state index in [0.29, 0.717) is 17.8 Å². The van der Waals surface area contributed by atoms with Crippen molar-refractivity contribution in [3.05, 3.63) is 90.5 Å². The minimum Gasteiger partial charge on any atom is -0.490 e. The highest BCUT2D eigenvalue weighted by molar-refractivity contribution is 5.83. The molecule has 0 saturated heterocycles. The van der Waals surface area contributed by atoms with Gasteiger partial charge >= 0.3 is 0 Å². The van der Waals surface area contributed by atoms with Crippen molar-refractivity contribution in [2.75, 3.05) is 16.1 Å². The van der Waals surface area contributed by atoms with Crippen molar-refractivity contribution >= 4 is 35.4 Å². The van der Waals surface area contributed by atoms with Crippen molar-refractivity contribution in [1.82, 2.24) is 15.0 Å². The predicted molar refractivity (Wildman–Crippen MR) is 133 cm³/mol. The Morgan fingerprint density at radius 3 is 1.79 bits per heavy atom. The maximum absolute atomic E-state index is 5.84. The van der Waals surface area contributed by atoms with Gasteiger partial charge in [-0.05, 0) is 50.2 Å². The zero-order valence-electron chi connectivity index (χ0n) is 18.4. The number of aromatic nitrogens is 3. The number of nitrogens with one attached hydrogen (secondary N) is 3. The van der Waals surface area contributed by atoms with Crippen LogP contribution in [0.5, 0.6) is 5.75 Å². The van der Waals surface area contributed by atoms with Crippen LogP contribution in [0.25, 0.3) is 0 Å². The molecule has 0 amide bonds. The van der Waals surface area contributed by atoms with Crippen LogP contribution in [0.15, 0.2) is 90.0 Å². The van der Waals surface area contributed by atoms with E-state index in [1.54, 1.807) is 6.21 Å². The van der Waals surface area contributed by atoms with Crippen LogP contribution >= 0.6 is 0 Å². The minimum absolute atomic E-state index is 0.0641. The van der Waals surface area contributed by atoms with Crippen LogP contribution in [0.2, 0.25) is 0 Å². The molecular formula is C25H25N7O. The second-order valence-electron chi connectivity index (χ2n) is 7.36. The number of rotatable bonds is 9. The summed E-state index contributed by atoms with van der Waals surface area (Å²) in [6.07, 6.45) is 1.74. The van der Waals surface area contributed by atoms with Crippen LogP contribution in [0.1, 0.15) is 19.4 Å². The summed E-state index contributed by atoms with van der Waals surface area (Å²) in [5, 5.41) is 10.7. The average Bonchev–Trinajstić information content (AvgIpc) is 2.81. The topological polar surface area (TPSA) is 96.4 Å². The summed E-state index contributed by atoms with van der Waals surface area (Å²) in [5.41, 5.74) is 5.47. The molecule has 0 atom stereocenters. The molecule has 0 aliphatic rings.